The number of aromatic nitrogens is 2. The van der Waals surface area contributed by atoms with Crippen molar-refractivity contribution in [1.29, 1.82) is 0 Å². The number of halogens is 2. The average molecular weight is 350 g/mol. The van der Waals surface area contributed by atoms with E-state index < -0.39 is 0 Å². The third-order valence-corrected chi connectivity index (χ3v) is 3.59. The highest BCUT2D eigenvalue weighted by Gasteiger charge is 2.12. The van der Waals surface area contributed by atoms with E-state index in [0.717, 1.165) is 9.13 Å². The lowest BCUT2D eigenvalue weighted by Gasteiger charge is -1.97. The van der Waals surface area contributed by atoms with Crippen molar-refractivity contribution in [3.05, 3.63) is 32.6 Å². The Hall–Kier alpha value is -0.660. The topological polar surface area (TPSA) is 64.9 Å². The van der Waals surface area contributed by atoms with Crippen LogP contribution in [-0.4, -0.2) is 10.1 Å². The molecule has 1 unspecified atom stereocenters. The largest absolute Gasteiger partial charge is 0.334 e. The van der Waals surface area contributed by atoms with E-state index in [-0.39, 0.29) is 6.04 Å². The van der Waals surface area contributed by atoms with E-state index in [1.54, 1.807) is 13.0 Å². The maximum Gasteiger partial charge on any atom is 0.258 e. The van der Waals surface area contributed by atoms with Crippen molar-refractivity contribution in [2.24, 2.45) is 5.73 Å². The van der Waals surface area contributed by atoms with E-state index >= 15 is 0 Å². The first kappa shape index (κ1) is 11.8. The summed E-state index contributed by atoms with van der Waals surface area (Å²) in [7, 11) is 0. The monoisotopic (exact) mass is 349 g/mol. The number of hydrogen-bond acceptors (Lipinski definition) is 4. The van der Waals surface area contributed by atoms with Gasteiger partial charge in [0.1, 0.15) is 0 Å². The van der Waals surface area contributed by atoms with Crippen molar-refractivity contribution in [2.45, 2.75) is 13.0 Å². The van der Waals surface area contributed by atoms with Crippen molar-refractivity contribution >= 4 is 34.2 Å². The molecule has 0 amide bonds. The van der Waals surface area contributed by atoms with Crippen molar-refractivity contribution < 1.29 is 4.52 Å². The van der Waals surface area contributed by atoms with Gasteiger partial charge in [-0.05, 0) is 47.7 Å². The SMILES string of the molecule is CC(N)c1noc(-c2ccc(I)c(Cl)c2)n1. The molecule has 1 atom stereocenters. The fourth-order valence-corrected chi connectivity index (χ4v) is 1.68. The van der Waals surface area contributed by atoms with Crippen LogP contribution < -0.4 is 5.73 Å². The first-order valence-electron chi connectivity index (χ1n) is 4.62. The number of hydrogen-bond donors (Lipinski definition) is 1. The standard InChI is InChI=1S/C10H9ClIN3O/c1-5(13)9-14-10(16-15-9)6-2-3-8(12)7(11)4-6/h2-5H,13H2,1H3. The minimum Gasteiger partial charge on any atom is -0.334 e. The number of rotatable bonds is 2. The first-order valence-corrected chi connectivity index (χ1v) is 6.08. The van der Waals surface area contributed by atoms with E-state index in [1.165, 1.54) is 0 Å². The Labute approximate surface area is 111 Å². The predicted octanol–water partition coefficient (Wildman–Crippen LogP) is 3.01. The highest BCUT2D eigenvalue weighted by Crippen LogP contribution is 2.25. The summed E-state index contributed by atoms with van der Waals surface area (Å²) in [5.41, 5.74) is 6.44. The van der Waals surface area contributed by atoms with E-state index in [9.17, 15) is 0 Å². The lowest BCUT2D eigenvalue weighted by atomic mass is 10.2. The normalized spacial score (nSPS) is 12.8. The Morgan fingerprint density at radius 1 is 1.50 bits per heavy atom. The summed E-state index contributed by atoms with van der Waals surface area (Å²) in [5, 5.41) is 4.45. The summed E-state index contributed by atoms with van der Waals surface area (Å²) in [4.78, 5) is 4.19. The lowest BCUT2D eigenvalue weighted by Crippen LogP contribution is -2.06. The summed E-state index contributed by atoms with van der Waals surface area (Å²) < 4.78 is 6.09. The van der Waals surface area contributed by atoms with Crippen molar-refractivity contribution in [1.82, 2.24) is 10.1 Å². The minimum atomic E-state index is -0.239. The maximum atomic E-state index is 6.01. The first-order chi connectivity index (χ1) is 7.58. The molecule has 0 fully saturated rings. The molecule has 1 aromatic carbocycles. The molecule has 4 nitrogen and oxygen atoms in total. The van der Waals surface area contributed by atoms with Crippen LogP contribution in [0.2, 0.25) is 5.02 Å². The molecule has 0 saturated carbocycles. The van der Waals surface area contributed by atoms with Gasteiger partial charge in [-0.15, -0.1) is 0 Å². The number of nitrogens with two attached hydrogens (primary N) is 1. The summed E-state index contributed by atoms with van der Waals surface area (Å²) in [5.74, 6) is 0.926. The van der Waals surface area contributed by atoms with Crippen LogP contribution in [0.4, 0.5) is 0 Å². The predicted molar refractivity (Wildman–Crippen MR) is 70.1 cm³/mol. The zero-order valence-corrected chi connectivity index (χ0v) is 11.4. The van der Waals surface area contributed by atoms with E-state index in [4.69, 9.17) is 21.9 Å². The van der Waals surface area contributed by atoms with Gasteiger partial charge in [0.25, 0.3) is 5.89 Å². The average Bonchev–Trinajstić information content (AvgIpc) is 2.71. The smallest absolute Gasteiger partial charge is 0.258 e. The summed E-state index contributed by atoms with van der Waals surface area (Å²) in [6, 6.07) is 5.33. The highest BCUT2D eigenvalue weighted by atomic mass is 127. The zero-order chi connectivity index (χ0) is 11.7. The second-order valence-electron chi connectivity index (χ2n) is 3.38. The Bertz CT molecular complexity index is 513. The molecule has 0 saturated heterocycles. The van der Waals surface area contributed by atoms with Gasteiger partial charge in [-0.3, -0.25) is 0 Å². The van der Waals surface area contributed by atoms with Crippen molar-refractivity contribution in [3.63, 3.8) is 0 Å². The molecular weight excluding hydrogens is 340 g/mol. The fourth-order valence-electron chi connectivity index (χ4n) is 1.17. The van der Waals surface area contributed by atoms with Gasteiger partial charge >= 0.3 is 0 Å². The van der Waals surface area contributed by atoms with Gasteiger partial charge < -0.3 is 10.3 Å². The van der Waals surface area contributed by atoms with Crippen LogP contribution in [0.3, 0.4) is 0 Å². The molecular formula is C10H9ClIN3O. The lowest BCUT2D eigenvalue weighted by molar-refractivity contribution is 0.418. The van der Waals surface area contributed by atoms with Gasteiger partial charge in [0.05, 0.1) is 11.1 Å². The molecule has 0 radical (unpaired) electrons. The molecule has 1 heterocycles. The third kappa shape index (κ3) is 2.36. The fraction of sp³-hybridized carbons (Fsp3) is 0.200. The van der Waals surface area contributed by atoms with Crippen LogP contribution in [0.25, 0.3) is 11.5 Å². The molecule has 0 bridgehead atoms. The van der Waals surface area contributed by atoms with Gasteiger partial charge in [-0.2, -0.15) is 4.98 Å². The van der Waals surface area contributed by atoms with Crippen molar-refractivity contribution in [3.8, 4) is 11.5 Å². The Morgan fingerprint density at radius 3 is 2.81 bits per heavy atom. The van der Waals surface area contributed by atoms with Gasteiger partial charge in [-0.1, -0.05) is 16.8 Å². The van der Waals surface area contributed by atoms with E-state index in [2.05, 4.69) is 32.7 Å². The Morgan fingerprint density at radius 2 is 2.25 bits per heavy atom. The van der Waals surface area contributed by atoms with E-state index in [0.29, 0.717) is 16.7 Å². The molecule has 0 aliphatic rings. The zero-order valence-electron chi connectivity index (χ0n) is 8.45. The van der Waals surface area contributed by atoms with Crippen LogP contribution in [-0.2, 0) is 0 Å². The molecule has 2 rings (SSSR count). The molecule has 6 heteroatoms. The summed E-state index contributed by atoms with van der Waals surface area (Å²) in [6.07, 6.45) is 0. The molecule has 0 spiro atoms. The molecule has 2 N–H and O–H groups in total. The molecule has 2 aromatic rings. The van der Waals surface area contributed by atoms with Gasteiger partial charge in [0.2, 0.25) is 0 Å². The second kappa shape index (κ2) is 4.68. The third-order valence-electron chi connectivity index (χ3n) is 2.02. The quantitative estimate of drug-likeness (QED) is 0.847. The van der Waals surface area contributed by atoms with Gasteiger partial charge in [0, 0.05) is 9.13 Å². The van der Waals surface area contributed by atoms with Crippen LogP contribution in [0, 0.1) is 3.57 Å². The number of benzene rings is 1. The summed E-state index contributed by atoms with van der Waals surface area (Å²) in [6.45, 7) is 1.80. The molecule has 0 aliphatic carbocycles. The molecule has 0 aliphatic heterocycles. The van der Waals surface area contributed by atoms with Crippen molar-refractivity contribution in [2.75, 3.05) is 0 Å². The molecule has 1 aromatic heterocycles. The molecule has 84 valence electrons. The van der Waals surface area contributed by atoms with Crippen LogP contribution in [0.5, 0.6) is 0 Å². The second-order valence-corrected chi connectivity index (χ2v) is 4.94. The highest BCUT2D eigenvalue weighted by molar-refractivity contribution is 14.1. The van der Waals surface area contributed by atoms with Gasteiger partial charge in [0.15, 0.2) is 5.82 Å². The summed E-state index contributed by atoms with van der Waals surface area (Å²) >= 11 is 8.17. The molecule has 16 heavy (non-hydrogen) atoms. The van der Waals surface area contributed by atoms with Crippen LogP contribution in [0.1, 0.15) is 18.8 Å². The maximum absolute atomic E-state index is 6.01. The Kier molecular flexibility index (Phi) is 3.46. The van der Waals surface area contributed by atoms with Crippen LogP contribution >= 0.6 is 34.2 Å². The number of nitrogens with zero attached hydrogens (tertiary/aromatic N) is 2. The minimum absolute atomic E-state index is 0.239. The van der Waals surface area contributed by atoms with Crippen LogP contribution in [0.15, 0.2) is 22.7 Å². The van der Waals surface area contributed by atoms with E-state index in [1.807, 2.05) is 12.1 Å². The van der Waals surface area contributed by atoms with Gasteiger partial charge in [-0.25, -0.2) is 0 Å². The Balaban J connectivity index is 2.39.